The van der Waals surface area contributed by atoms with Gasteiger partial charge in [-0.15, -0.1) is 0 Å². The molecular formula is C27H37F2N5O. The number of likely N-dealkylation sites (tertiary alicyclic amines) is 1. The second-order valence-corrected chi connectivity index (χ2v) is 10.9. The van der Waals surface area contributed by atoms with E-state index in [4.69, 9.17) is 0 Å². The molecule has 0 atom stereocenters. The first-order valence-corrected chi connectivity index (χ1v) is 12.9. The second-order valence-electron chi connectivity index (χ2n) is 10.9. The molecule has 2 aliphatic heterocycles. The van der Waals surface area contributed by atoms with Gasteiger partial charge in [-0.1, -0.05) is 30.3 Å². The number of nitrogens with one attached hydrogen (secondary N) is 1. The van der Waals surface area contributed by atoms with E-state index in [1.54, 1.807) is 4.68 Å². The summed E-state index contributed by atoms with van der Waals surface area (Å²) in [6, 6.07) is 10.2. The molecule has 1 saturated carbocycles. The number of carbonyl (C=O) groups excluding carboxylic acids is 1. The predicted molar refractivity (Wildman–Crippen MR) is 131 cm³/mol. The highest BCUT2D eigenvalue weighted by Gasteiger charge is 2.50. The molecule has 8 heteroatoms. The Morgan fingerprint density at radius 2 is 1.91 bits per heavy atom. The number of halogens is 2. The van der Waals surface area contributed by atoms with Crippen LogP contribution in [0.1, 0.15) is 60.5 Å². The first-order valence-electron chi connectivity index (χ1n) is 12.9. The molecule has 0 bridgehead atoms. The van der Waals surface area contributed by atoms with E-state index in [0.717, 1.165) is 74.3 Å². The number of aromatic nitrogens is 2. The van der Waals surface area contributed by atoms with E-state index in [9.17, 15) is 13.6 Å². The van der Waals surface area contributed by atoms with Gasteiger partial charge >= 0.3 is 0 Å². The van der Waals surface area contributed by atoms with Crippen molar-refractivity contribution in [3.63, 3.8) is 0 Å². The molecule has 1 amide bonds. The molecule has 1 aliphatic carbocycles. The third-order valence-corrected chi connectivity index (χ3v) is 8.31. The van der Waals surface area contributed by atoms with Gasteiger partial charge in [0, 0.05) is 44.0 Å². The van der Waals surface area contributed by atoms with Gasteiger partial charge in [0.1, 0.15) is 6.54 Å². The number of benzene rings is 1. The molecule has 2 aromatic rings. The third kappa shape index (κ3) is 4.87. The van der Waals surface area contributed by atoms with Crippen LogP contribution in [0.5, 0.6) is 0 Å². The Bertz CT molecular complexity index is 1050. The lowest BCUT2D eigenvalue weighted by Crippen LogP contribution is -2.37. The summed E-state index contributed by atoms with van der Waals surface area (Å²) in [5, 5.41) is 7.83. The normalized spacial score (nSPS) is 25.7. The van der Waals surface area contributed by atoms with Gasteiger partial charge in [0.25, 0.3) is 5.92 Å². The van der Waals surface area contributed by atoms with Crippen molar-refractivity contribution in [2.24, 2.45) is 5.41 Å². The van der Waals surface area contributed by atoms with Gasteiger partial charge in [-0.25, -0.2) is 8.78 Å². The average Bonchev–Trinajstić information content (AvgIpc) is 3.42. The third-order valence-electron chi connectivity index (χ3n) is 8.31. The molecule has 1 spiro atoms. The van der Waals surface area contributed by atoms with Crippen LogP contribution in [0, 0.1) is 5.41 Å². The van der Waals surface area contributed by atoms with Crippen molar-refractivity contribution < 1.29 is 13.6 Å². The summed E-state index contributed by atoms with van der Waals surface area (Å²) in [4.78, 5) is 17.7. The molecule has 1 N–H and O–H groups in total. The first-order chi connectivity index (χ1) is 16.8. The Morgan fingerprint density at radius 1 is 1.17 bits per heavy atom. The quantitative estimate of drug-likeness (QED) is 0.618. The highest BCUT2D eigenvalue weighted by molar-refractivity contribution is 5.85. The largest absolute Gasteiger partial charge is 0.338 e. The Morgan fingerprint density at radius 3 is 2.63 bits per heavy atom. The highest BCUT2D eigenvalue weighted by atomic mass is 19.3. The Kier molecular flexibility index (Phi) is 6.70. The predicted octanol–water partition coefficient (Wildman–Crippen LogP) is 3.80. The van der Waals surface area contributed by atoms with Crippen LogP contribution in [0.3, 0.4) is 0 Å². The summed E-state index contributed by atoms with van der Waals surface area (Å²) in [5.74, 6) is -2.25. The first kappa shape index (κ1) is 24.4. The molecule has 3 heterocycles. The Labute approximate surface area is 206 Å². The lowest BCUT2D eigenvalue weighted by Gasteiger charge is -2.36. The van der Waals surface area contributed by atoms with Crippen molar-refractivity contribution in [2.75, 3.05) is 33.7 Å². The maximum Gasteiger partial charge on any atom is 0.272 e. The van der Waals surface area contributed by atoms with Crippen LogP contribution in [0.2, 0.25) is 0 Å². The summed E-state index contributed by atoms with van der Waals surface area (Å²) in [6.07, 6.45) is 4.07. The summed E-state index contributed by atoms with van der Waals surface area (Å²) in [6.45, 7) is 3.54. The van der Waals surface area contributed by atoms with Gasteiger partial charge in [0.2, 0.25) is 5.91 Å². The molecule has 0 unspecified atom stereocenters. The fraction of sp³-hybridized carbons (Fsp3) is 0.630. The fourth-order valence-corrected chi connectivity index (χ4v) is 6.40. The molecule has 6 nitrogen and oxygen atoms in total. The maximum atomic E-state index is 14.3. The number of likely N-dealkylation sites (N-methyl/N-ethyl adjacent to an activating group) is 2. The van der Waals surface area contributed by atoms with Crippen LogP contribution >= 0.6 is 0 Å². The minimum atomic E-state index is -2.72. The number of fused-ring (bicyclic) bond motifs is 1. The van der Waals surface area contributed by atoms with Crippen LogP contribution in [0.4, 0.5) is 8.78 Å². The monoisotopic (exact) mass is 485 g/mol. The highest BCUT2D eigenvalue weighted by Crippen LogP contribution is 2.51. The van der Waals surface area contributed by atoms with E-state index < -0.39 is 5.92 Å². The lowest BCUT2D eigenvalue weighted by atomic mass is 9.67. The second kappa shape index (κ2) is 9.62. The summed E-state index contributed by atoms with van der Waals surface area (Å²) in [5.41, 5.74) is 3.58. The van der Waals surface area contributed by atoms with E-state index in [2.05, 4.69) is 34.5 Å². The number of rotatable bonds is 8. The molecule has 2 fully saturated rings. The zero-order valence-corrected chi connectivity index (χ0v) is 20.9. The van der Waals surface area contributed by atoms with Crippen molar-refractivity contribution in [3.8, 4) is 0 Å². The molecule has 35 heavy (non-hydrogen) atoms. The minimum Gasteiger partial charge on any atom is -0.338 e. The fourth-order valence-electron chi connectivity index (χ4n) is 6.40. The van der Waals surface area contributed by atoms with Gasteiger partial charge in [0.05, 0.1) is 17.5 Å². The number of carbonyl (C=O) groups is 1. The Balaban J connectivity index is 1.30. The number of alkyl halides is 2. The minimum absolute atomic E-state index is 0.196. The topological polar surface area (TPSA) is 53.4 Å². The van der Waals surface area contributed by atoms with Crippen LogP contribution in [0.25, 0.3) is 0 Å². The van der Waals surface area contributed by atoms with Crippen LogP contribution in [0.15, 0.2) is 30.3 Å². The van der Waals surface area contributed by atoms with Crippen molar-refractivity contribution in [1.29, 1.82) is 0 Å². The maximum absolute atomic E-state index is 14.3. The van der Waals surface area contributed by atoms with Crippen LogP contribution in [-0.4, -0.2) is 65.1 Å². The standard InChI is InChI=1S/C27H37F2N5O/c1-30-13-15-32(2)18-22-24(23-16-27(28,29)19-34(23)31-22)21-8-10-26(11-9-21)12-14-33(25(26)35)17-20-6-4-3-5-7-20/h3-7,21,30H,8-19H2,1-2H3. The van der Waals surface area contributed by atoms with Gasteiger partial charge in [0.15, 0.2) is 0 Å². The van der Waals surface area contributed by atoms with Gasteiger partial charge in [-0.05, 0) is 57.7 Å². The molecule has 5 rings (SSSR count). The number of nitrogens with zero attached hydrogens (tertiary/aromatic N) is 4. The summed E-state index contributed by atoms with van der Waals surface area (Å²) >= 11 is 0. The molecule has 1 aromatic carbocycles. The molecular weight excluding hydrogens is 448 g/mol. The van der Waals surface area contributed by atoms with Gasteiger partial charge in [-0.3, -0.25) is 14.4 Å². The van der Waals surface area contributed by atoms with Crippen LogP contribution in [-0.2, 0) is 30.8 Å². The summed E-state index contributed by atoms with van der Waals surface area (Å²) < 4.78 is 30.1. The number of hydrogen-bond acceptors (Lipinski definition) is 4. The number of amides is 1. The smallest absolute Gasteiger partial charge is 0.272 e. The Hall–Kier alpha value is -2.32. The number of hydrogen-bond donors (Lipinski definition) is 1. The van der Waals surface area contributed by atoms with Crippen LogP contribution < -0.4 is 5.32 Å². The summed E-state index contributed by atoms with van der Waals surface area (Å²) in [7, 11) is 3.98. The van der Waals surface area contributed by atoms with E-state index in [0.29, 0.717) is 13.1 Å². The zero-order chi connectivity index (χ0) is 24.6. The lowest BCUT2D eigenvalue weighted by molar-refractivity contribution is -0.138. The SMILES string of the molecule is CNCCN(C)Cc1nn2c(c1C1CCC3(CC1)CCN(Cc1ccccc1)C3=O)CC(F)(F)C2. The van der Waals surface area contributed by atoms with Crippen molar-refractivity contribution >= 4 is 5.91 Å². The van der Waals surface area contributed by atoms with Crippen molar-refractivity contribution in [3.05, 3.63) is 52.8 Å². The molecule has 1 saturated heterocycles. The molecule has 0 radical (unpaired) electrons. The average molecular weight is 486 g/mol. The zero-order valence-electron chi connectivity index (χ0n) is 20.9. The molecule has 1 aromatic heterocycles. The van der Waals surface area contributed by atoms with E-state index in [-0.39, 0.29) is 30.2 Å². The molecule has 190 valence electrons. The van der Waals surface area contributed by atoms with E-state index in [1.165, 1.54) is 0 Å². The van der Waals surface area contributed by atoms with E-state index in [1.807, 2.05) is 30.1 Å². The molecule has 3 aliphatic rings. The van der Waals surface area contributed by atoms with E-state index >= 15 is 0 Å². The van der Waals surface area contributed by atoms with Gasteiger partial charge < -0.3 is 10.2 Å². The van der Waals surface area contributed by atoms with Crippen molar-refractivity contribution in [1.82, 2.24) is 24.9 Å². The van der Waals surface area contributed by atoms with Gasteiger partial charge in [-0.2, -0.15) is 5.10 Å². The van der Waals surface area contributed by atoms with Crippen molar-refractivity contribution in [2.45, 2.75) is 70.0 Å².